The summed E-state index contributed by atoms with van der Waals surface area (Å²) in [5.41, 5.74) is 0.709. The third-order valence-electron chi connectivity index (χ3n) is 3.10. The standard InChI is InChI=1S/C16H12ClFN2O4S/c17-15-7-13(18)4-3-12(15)10-24-16(21)9-20-25(22,23)14-5-1-11(8-19)2-6-14/h1-7,20H,9-10H2. The molecule has 0 saturated heterocycles. The van der Waals surface area contributed by atoms with Crippen LogP contribution in [-0.4, -0.2) is 20.9 Å². The van der Waals surface area contributed by atoms with Gasteiger partial charge in [0.05, 0.1) is 21.6 Å². The monoisotopic (exact) mass is 382 g/mol. The van der Waals surface area contributed by atoms with E-state index in [4.69, 9.17) is 21.6 Å². The Balaban J connectivity index is 1.91. The lowest BCUT2D eigenvalue weighted by Gasteiger charge is -2.08. The van der Waals surface area contributed by atoms with Crippen molar-refractivity contribution >= 4 is 27.6 Å². The largest absolute Gasteiger partial charge is 0.460 e. The van der Waals surface area contributed by atoms with Gasteiger partial charge in [0.2, 0.25) is 10.0 Å². The third kappa shape index (κ3) is 5.26. The van der Waals surface area contributed by atoms with Gasteiger partial charge in [-0.3, -0.25) is 4.79 Å². The van der Waals surface area contributed by atoms with Gasteiger partial charge >= 0.3 is 5.97 Å². The number of hydrogen-bond donors (Lipinski definition) is 1. The van der Waals surface area contributed by atoms with Gasteiger partial charge < -0.3 is 4.74 Å². The van der Waals surface area contributed by atoms with Gasteiger partial charge in [0.15, 0.2) is 0 Å². The molecule has 6 nitrogen and oxygen atoms in total. The van der Waals surface area contributed by atoms with Crippen molar-refractivity contribution in [3.05, 3.63) is 64.4 Å². The first-order chi connectivity index (χ1) is 11.8. The van der Waals surface area contributed by atoms with Gasteiger partial charge in [0, 0.05) is 5.56 Å². The summed E-state index contributed by atoms with van der Waals surface area (Å²) < 4.78 is 44.0. The van der Waals surface area contributed by atoms with E-state index in [0.717, 1.165) is 6.07 Å². The van der Waals surface area contributed by atoms with Gasteiger partial charge in [-0.1, -0.05) is 17.7 Å². The van der Waals surface area contributed by atoms with Crippen LogP contribution in [0.1, 0.15) is 11.1 Å². The van der Waals surface area contributed by atoms with Crippen molar-refractivity contribution in [1.82, 2.24) is 4.72 Å². The normalized spacial score (nSPS) is 10.9. The molecule has 0 bridgehead atoms. The molecule has 0 saturated carbocycles. The van der Waals surface area contributed by atoms with Crippen molar-refractivity contribution in [2.24, 2.45) is 0 Å². The van der Waals surface area contributed by atoms with E-state index >= 15 is 0 Å². The fourth-order valence-corrected chi connectivity index (χ4v) is 2.98. The fraction of sp³-hybridized carbons (Fsp3) is 0.125. The minimum absolute atomic E-state index is 0.0825. The van der Waals surface area contributed by atoms with Crippen LogP contribution >= 0.6 is 11.6 Å². The summed E-state index contributed by atoms with van der Waals surface area (Å²) in [6.45, 7) is -0.794. The predicted molar refractivity (Wildman–Crippen MR) is 87.6 cm³/mol. The second-order valence-corrected chi connectivity index (χ2v) is 7.03. The molecule has 130 valence electrons. The highest BCUT2D eigenvalue weighted by Crippen LogP contribution is 2.18. The Morgan fingerprint density at radius 3 is 2.52 bits per heavy atom. The number of halogens is 2. The van der Waals surface area contributed by atoms with Crippen molar-refractivity contribution in [3.8, 4) is 6.07 Å². The number of carbonyl (C=O) groups is 1. The molecule has 2 aromatic rings. The zero-order valence-corrected chi connectivity index (χ0v) is 14.3. The number of hydrogen-bond acceptors (Lipinski definition) is 5. The average Bonchev–Trinajstić information content (AvgIpc) is 2.59. The minimum atomic E-state index is -3.91. The van der Waals surface area contributed by atoms with E-state index in [-0.39, 0.29) is 16.5 Å². The van der Waals surface area contributed by atoms with E-state index in [1.807, 2.05) is 6.07 Å². The highest BCUT2D eigenvalue weighted by atomic mass is 35.5. The number of benzene rings is 2. The third-order valence-corrected chi connectivity index (χ3v) is 4.87. The highest BCUT2D eigenvalue weighted by molar-refractivity contribution is 7.89. The second-order valence-electron chi connectivity index (χ2n) is 4.86. The Bertz CT molecular complexity index is 924. The van der Waals surface area contributed by atoms with Crippen molar-refractivity contribution in [2.45, 2.75) is 11.5 Å². The zero-order valence-electron chi connectivity index (χ0n) is 12.7. The molecule has 0 aliphatic heterocycles. The summed E-state index contributed by atoms with van der Waals surface area (Å²) in [5, 5.41) is 8.79. The van der Waals surface area contributed by atoms with Gasteiger partial charge in [-0.15, -0.1) is 0 Å². The van der Waals surface area contributed by atoms with Crippen LogP contribution in [-0.2, 0) is 26.2 Å². The van der Waals surface area contributed by atoms with Crippen molar-refractivity contribution in [2.75, 3.05) is 6.54 Å². The van der Waals surface area contributed by atoms with E-state index in [1.165, 1.54) is 36.4 Å². The maximum atomic E-state index is 12.9. The number of sulfonamides is 1. The van der Waals surface area contributed by atoms with Crippen LogP contribution in [0.3, 0.4) is 0 Å². The van der Waals surface area contributed by atoms with Crippen molar-refractivity contribution in [3.63, 3.8) is 0 Å². The SMILES string of the molecule is N#Cc1ccc(S(=O)(=O)NCC(=O)OCc2ccc(F)cc2Cl)cc1. The number of ether oxygens (including phenoxy) is 1. The van der Waals surface area contributed by atoms with Gasteiger partial charge in [0.25, 0.3) is 0 Å². The Morgan fingerprint density at radius 2 is 1.92 bits per heavy atom. The Hall–Kier alpha value is -2.47. The van der Waals surface area contributed by atoms with Crippen LogP contribution in [0.25, 0.3) is 0 Å². The summed E-state index contributed by atoms with van der Waals surface area (Å²) in [7, 11) is -3.91. The Kier molecular flexibility index (Phi) is 6.09. The number of rotatable bonds is 6. The van der Waals surface area contributed by atoms with Crippen LogP contribution in [0.15, 0.2) is 47.4 Å². The van der Waals surface area contributed by atoms with Crippen molar-refractivity contribution in [1.29, 1.82) is 5.26 Å². The molecule has 0 aliphatic carbocycles. The molecule has 2 aromatic carbocycles. The summed E-state index contributed by atoms with van der Waals surface area (Å²) in [5.74, 6) is -1.34. The Labute approximate surface area is 148 Å². The van der Waals surface area contributed by atoms with Gasteiger partial charge in [-0.25, -0.2) is 12.8 Å². The molecule has 0 aromatic heterocycles. The van der Waals surface area contributed by atoms with Gasteiger partial charge in [0.1, 0.15) is 19.0 Å². The molecular weight excluding hydrogens is 371 g/mol. The first kappa shape index (κ1) is 18.9. The number of carbonyl (C=O) groups excluding carboxylic acids is 1. The molecule has 0 atom stereocenters. The predicted octanol–water partition coefficient (Wildman–Crippen LogP) is 2.37. The molecule has 0 amide bonds. The first-order valence-corrected chi connectivity index (χ1v) is 8.77. The molecule has 0 aliphatic rings. The lowest BCUT2D eigenvalue weighted by Crippen LogP contribution is -2.30. The average molecular weight is 383 g/mol. The summed E-state index contributed by atoms with van der Waals surface area (Å²) in [4.78, 5) is 11.6. The number of nitriles is 1. The smallest absolute Gasteiger partial charge is 0.321 e. The quantitative estimate of drug-likeness (QED) is 0.774. The van der Waals surface area contributed by atoms with E-state index in [1.54, 1.807) is 0 Å². The minimum Gasteiger partial charge on any atom is -0.460 e. The molecule has 2 rings (SSSR count). The molecule has 0 radical (unpaired) electrons. The summed E-state index contributed by atoms with van der Waals surface area (Å²) in [6, 6.07) is 10.7. The van der Waals surface area contributed by atoms with Crippen LogP contribution < -0.4 is 4.72 Å². The van der Waals surface area contributed by atoms with Crippen LogP contribution in [0.5, 0.6) is 0 Å². The number of esters is 1. The van der Waals surface area contributed by atoms with E-state index in [2.05, 4.69) is 4.72 Å². The lowest BCUT2D eigenvalue weighted by atomic mass is 10.2. The topological polar surface area (TPSA) is 96.3 Å². The van der Waals surface area contributed by atoms with E-state index in [9.17, 15) is 17.6 Å². The summed E-state index contributed by atoms with van der Waals surface area (Å²) >= 11 is 5.80. The summed E-state index contributed by atoms with van der Waals surface area (Å²) in [6.07, 6.45) is 0. The molecule has 25 heavy (non-hydrogen) atoms. The molecule has 0 unspecified atom stereocenters. The zero-order chi connectivity index (χ0) is 18.4. The molecule has 0 fully saturated rings. The molecule has 0 heterocycles. The van der Waals surface area contributed by atoms with E-state index < -0.39 is 28.4 Å². The number of nitrogens with one attached hydrogen (secondary N) is 1. The fourth-order valence-electron chi connectivity index (χ4n) is 1.79. The maximum Gasteiger partial charge on any atom is 0.321 e. The maximum absolute atomic E-state index is 12.9. The Morgan fingerprint density at radius 1 is 1.24 bits per heavy atom. The van der Waals surface area contributed by atoms with E-state index in [0.29, 0.717) is 11.1 Å². The van der Waals surface area contributed by atoms with Gasteiger partial charge in [-0.2, -0.15) is 9.98 Å². The molecular formula is C16H12ClFN2O4S. The number of nitrogens with zero attached hydrogens (tertiary/aromatic N) is 1. The molecule has 9 heteroatoms. The molecule has 0 spiro atoms. The van der Waals surface area contributed by atoms with Crippen LogP contribution in [0.2, 0.25) is 5.02 Å². The van der Waals surface area contributed by atoms with Crippen molar-refractivity contribution < 1.29 is 22.3 Å². The van der Waals surface area contributed by atoms with Crippen LogP contribution in [0, 0.1) is 17.1 Å². The second kappa shape index (κ2) is 8.07. The first-order valence-electron chi connectivity index (χ1n) is 6.91. The highest BCUT2D eigenvalue weighted by Gasteiger charge is 2.16. The molecule has 1 N–H and O–H groups in total. The lowest BCUT2D eigenvalue weighted by molar-refractivity contribution is -0.143. The van der Waals surface area contributed by atoms with Crippen LogP contribution in [0.4, 0.5) is 4.39 Å². The van der Waals surface area contributed by atoms with Gasteiger partial charge in [-0.05, 0) is 36.4 Å².